The maximum Gasteiger partial charge on any atom is 0.159 e. The fraction of sp³-hybridized carbons (Fsp3) is 0.0667. The molecule has 0 N–H and O–H groups in total. The Labute approximate surface area is 190 Å². The summed E-state index contributed by atoms with van der Waals surface area (Å²) in [5, 5.41) is 0. The maximum atomic E-state index is 4.93. The molecule has 0 saturated carbocycles. The van der Waals surface area contributed by atoms with Crippen LogP contribution in [0.15, 0.2) is 131 Å². The summed E-state index contributed by atoms with van der Waals surface area (Å²) >= 11 is 0. The lowest BCUT2D eigenvalue weighted by atomic mass is 10.0. The van der Waals surface area contributed by atoms with E-state index in [-0.39, 0.29) is 0 Å². The van der Waals surface area contributed by atoms with Crippen LogP contribution < -0.4 is 0 Å². The van der Waals surface area contributed by atoms with Crippen molar-refractivity contribution < 1.29 is 0 Å². The van der Waals surface area contributed by atoms with Crippen molar-refractivity contribution in [2.45, 2.75) is 13.8 Å². The van der Waals surface area contributed by atoms with Gasteiger partial charge in [-0.05, 0) is 53.8 Å². The van der Waals surface area contributed by atoms with Crippen LogP contribution in [-0.2, 0) is 0 Å². The standard InChI is InChI=1S/C30H26N2/c1-22(2)31-30(29-19-11-18-28(21-29)25-14-8-5-9-15-25)32-23(3)26-16-10-17-27(20-26)24-12-6-4-7-13-24/h4-21H,1H2,2-3H3. The first-order valence-electron chi connectivity index (χ1n) is 10.7. The van der Waals surface area contributed by atoms with E-state index in [0.717, 1.165) is 28.1 Å². The van der Waals surface area contributed by atoms with Crippen LogP contribution in [0, 0.1) is 0 Å². The molecule has 32 heavy (non-hydrogen) atoms. The molecular formula is C30H26N2. The number of amidine groups is 1. The SMILES string of the molecule is C=C(C)N=C(N=C(C)c1cccc(-c2ccccc2)c1)c1cccc(-c2ccccc2)c1. The van der Waals surface area contributed by atoms with Crippen molar-refractivity contribution in [2.75, 3.05) is 0 Å². The Bertz CT molecular complexity index is 1280. The molecular weight excluding hydrogens is 388 g/mol. The van der Waals surface area contributed by atoms with Gasteiger partial charge in [0.05, 0.1) is 0 Å². The van der Waals surface area contributed by atoms with E-state index in [4.69, 9.17) is 4.99 Å². The molecule has 0 aliphatic carbocycles. The average molecular weight is 415 g/mol. The van der Waals surface area contributed by atoms with Crippen LogP contribution in [0.1, 0.15) is 25.0 Å². The highest BCUT2D eigenvalue weighted by molar-refractivity contribution is 6.12. The zero-order chi connectivity index (χ0) is 22.3. The van der Waals surface area contributed by atoms with Crippen molar-refractivity contribution in [1.29, 1.82) is 0 Å². The predicted octanol–water partition coefficient (Wildman–Crippen LogP) is 7.81. The first-order valence-corrected chi connectivity index (χ1v) is 10.7. The highest BCUT2D eigenvalue weighted by atomic mass is 14.9. The summed E-state index contributed by atoms with van der Waals surface area (Å²) in [6, 6.07) is 37.5. The van der Waals surface area contributed by atoms with Gasteiger partial charge in [0, 0.05) is 17.0 Å². The van der Waals surface area contributed by atoms with Crippen molar-refractivity contribution in [3.63, 3.8) is 0 Å². The molecule has 0 heterocycles. The molecule has 4 rings (SSSR count). The van der Waals surface area contributed by atoms with Crippen molar-refractivity contribution in [1.82, 2.24) is 0 Å². The van der Waals surface area contributed by atoms with Crippen molar-refractivity contribution in [3.8, 4) is 22.3 Å². The van der Waals surface area contributed by atoms with E-state index in [1.165, 1.54) is 16.7 Å². The summed E-state index contributed by atoms with van der Waals surface area (Å²) in [5.41, 5.74) is 8.33. The Morgan fingerprint density at radius 2 is 1.00 bits per heavy atom. The third kappa shape index (κ3) is 5.16. The Balaban J connectivity index is 1.72. The summed E-state index contributed by atoms with van der Waals surface area (Å²) in [5.74, 6) is 0.665. The largest absolute Gasteiger partial charge is 0.234 e. The van der Waals surface area contributed by atoms with Crippen LogP contribution in [0.5, 0.6) is 0 Å². The normalized spacial score (nSPS) is 11.9. The molecule has 2 nitrogen and oxygen atoms in total. The van der Waals surface area contributed by atoms with E-state index in [2.05, 4.69) is 84.4 Å². The van der Waals surface area contributed by atoms with E-state index < -0.39 is 0 Å². The third-order valence-corrected chi connectivity index (χ3v) is 5.19. The number of hydrogen-bond acceptors (Lipinski definition) is 1. The number of benzene rings is 4. The van der Waals surface area contributed by atoms with Gasteiger partial charge in [0.15, 0.2) is 5.84 Å². The average Bonchev–Trinajstić information content (AvgIpc) is 2.84. The molecule has 4 aromatic rings. The van der Waals surface area contributed by atoms with Crippen molar-refractivity contribution in [2.24, 2.45) is 9.98 Å². The summed E-state index contributed by atoms with van der Waals surface area (Å²) in [7, 11) is 0. The van der Waals surface area contributed by atoms with E-state index >= 15 is 0 Å². The van der Waals surface area contributed by atoms with E-state index in [1.54, 1.807) is 0 Å². The van der Waals surface area contributed by atoms with E-state index in [0.29, 0.717) is 5.84 Å². The highest BCUT2D eigenvalue weighted by Crippen LogP contribution is 2.23. The van der Waals surface area contributed by atoms with Crippen molar-refractivity contribution in [3.05, 3.63) is 133 Å². The molecule has 0 bridgehead atoms. The first kappa shape index (κ1) is 21.2. The number of aliphatic imine (C=N–C) groups is 2. The second-order valence-corrected chi connectivity index (χ2v) is 7.76. The molecule has 0 spiro atoms. The Hall–Kier alpha value is -4.04. The van der Waals surface area contributed by atoms with E-state index in [1.807, 2.05) is 50.2 Å². The second kappa shape index (κ2) is 9.84. The highest BCUT2D eigenvalue weighted by Gasteiger charge is 2.08. The topological polar surface area (TPSA) is 24.7 Å². The fourth-order valence-electron chi connectivity index (χ4n) is 3.58. The first-order chi connectivity index (χ1) is 15.6. The number of nitrogens with zero attached hydrogens (tertiary/aromatic N) is 2. The number of rotatable bonds is 5. The van der Waals surface area contributed by atoms with Gasteiger partial charge in [0.2, 0.25) is 0 Å². The third-order valence-electron chi connectivity index (χ3n) is 5.19. The smallest absolute Gasteiger partial charge is 0.159 e. The van der Waals surface area contributed by atoms with Crippen molar-refractivity contribution >= 4 is 11.5 Å². The summed E-state index contributed by atoms with van der Waals surface area (Å²) in [4.78, 5) is 9.60. The molecule has 0 saturated heterocycles. The van der Waals surface area contributed by atoms with Gasteiger partial charge in [-0.25, -0.2) is 9.98 Å². The minimum absolute atomic E-state index is 0.665. The minimum Gasteiger partial charge on any atom is -0.234 e. The second-order valence-electron chi connectivity index (χ2n) is 7.76. The fourth-order valence-corrected chi connectivity index (χ4v) is 3.58. The van der Waals surface area contributed by atoms with Gasteiger partial charge >= 0.3 is 0 Å². The molecule has 0 unspecified atom stereocenters. The molecule has 156 valence electrons. The molecule has 0 radical (unpaired) electrons. The lowest BCUT2D eigenvalue weighted by molar-refractivity contribution is 1.30. The van der Waals surface area contributed by atoms with Crippen LogP contribution in [0.4, 0.5) is 0 Å². The lowest BCUT2D eigenvalue weighted by Gasteiger charge is -2.09. The van der Waals surface area contributed by atoms with Gasteiger partial charge in [-0.15, -0.1) is 0 Å². The van der Waals surface area contributed by atoms with Crippen LogP contribution in [0.2, 0.25) is 0 Å². The molecule has 0 aliphatic rings. The summed E-state index contributed by atoms with van der Waals surface area (Å²) < 4.78 is 0. The molecule has 0 amide bonds. The molecule has 2 heteroatoms. The molecule has 4 aromatic carbocycles. The van der Waals surface area contributed by atoms with E-state index in [9.17, 15) is 0 Å². The van der Waals surface area contributed by atoms with Gasteiger partial charge < -0.3 is 0 Å². The van der Waals surface area contributed by atoms with Crippen LogP contribution in [-0.4, -0.2) is 11.5 Å². The predicted molar refractivity (Wildman–Crippen MR) is 137 cm³/mol. The van der Waals surface area contributed by atoms with Gasteiger partial charge in [0.1, 0.15) is 0 Å². The molecule has 0 atom stereocenters. The van der Waals surface area contributed by atoms with Crippen LogP contribution in [0.3, 0.4) is 0 Å². The molecule has 0 aliphatic heterocycles. The van der Waals surface area contributed by atoms with Gasteiger partial charge in [-0.1, -0.05) is 104 Å². The van der Waals surface area contributed by atoms with Gasteiger partial charge in [-0.2, -0.15) is 0 Å². The van der Waals surface area contributed by atoms with Gasteiger partial charge in [-0.3, -0.25) is 0 Å². The minimum atomic E-state index is 0.665. The zero-order valence-electron chi connectivity index (χ0n) is 18.5. The lowest BCUT2D eigenvalue weighted by Crippen LogP contribution is -2.04. The molecule has 0 aromatic heterocycles. The number of hydrogen-bond donors (Lipinski definition) is 0. The maximum absolute atomic E-state index is 4.93. The molecule has 0 fully saturated rings. The van der Waals surface area contributed by atoms with Crippen LogP contribution in [0.25, 0.3) is 22.3 Å². The zero-order valence-corrected chi connectivity index (χ0v) is 18.5. The Morgan fingerprint density at radius 1 is 0.531 bits per heavy atom. The van der Waals surface area contributed by atoms with Gasteiger partial charge in [0.25, 0.3) is 0 Å². The quantitative estimate of drug-likeness (QED) is 0.235. The Kier molecular flexibility index (Phi) is 6.52. The van der Waals surface area contributed by atoms with Crippen LogP contribution >= 0.6 is 0 Å². The monoisotopic (exact) mass is 414 g/mol. The Morgan fingerprint density at radius 3 is 1.53 bits per heavy atom. The summed E-state index contributed by atoms with van der Waals surface area (Å²) in [6.07, 6.45) is 0. The number of allylic oxidation sites excluding steroid dienone is 1. The summed E-state index contributed by atoms with van der Waals surface area (Å²) in [6.45, 7) is 7.90.